The Morgan fingerprint density at radius 1 is 1.14 bits per heavy atom. The lowest BCUT2D eigenvalue weighted by molar-refractivity contribution is 0.0803. The first kappa shape index (κ1) is 20.8. The highest BCUT2D eigenvalue weighted by Gasteiger charge is 2.16. The van der Waals surface area contributed by atoms with E-state index >= 15 is 0 Å². The third-order valence-corrected chi connectivity index (χ3v) is 6.20. The monoisotopic (exact) mass is 417 g/mol. The van der Waals surface area contributed by atoms with Gasteiger partial charge in [0.05, 0.1) is 17.3 Å². The van der Waals surface area contributed by atoms with Gasteiger partial charge < -0.3 is 9.47 Å². The van der Waals surface area contributed by atoms with Gasteiger partial charge in [0, 0.05) is 31.8 Å². The van der Waals surface area contributed by atoms with Crippen LogP contribution in [0, 0.1) is 0 Å². The van der Waals surface area contributed by atoms with E-state index in [0.717, 1.165) is 40.6 Å². The van der Waals surface area contributed by atoms with Gasteiger partial charge in [-0.15, -0.1) is 0 Å². The lowest BCUT2D eigenvalue weighted by Gasteiger charge is -2.16. The second kappa shape index (κ2) is 8.63. The number of benzene rings is 1. The largest absolute Gasteiger partial charge is 0.491 e. The Balaban J connectivity index is 1.98. The Morgan fingerprint density at radius 3 is 2.61 bits per heavy atom. The van der Waals surface area contributed by atoms with Crippen LogP contribution in [0.5, 0.6) is 5.75 Å². The minimum atomic E-state index is -1.13. The van der Waals surface area contributed by atoms with Gasteiger partial charge in [0.15, 0.2) is 0 Å². The molecule has 2 heterocycles. The molecule has 0 bridgehead atoms. The summed E-state index contributed by atoms with van der Waals surface area (Å²) in [5.74, 6) is 0.822. The highest BCUT2D eigenvalue weighted by Crippen LogP contribution is 2.32. The van der Waals surface area contributed by atoms with E-state index in [4.69, 9.17) is 26.2 Å². The van der Waals surface area contributed by atoms with Crippen molar-refractivity contribution < 1.29 is 9.47 Å². The first-order valence-electron chi connectivity index (χ1n) is 9.60. The second-order valence-electron chi connectivity index (χ2n) is 8.41. The normalized spacial score (nSPS) is 12.1. The Hall–Kier alpha value is -1.89. The highest BCUT2D eigenvalue weighted by molar-refractivity contribution is 6.76. The molecular formula is C21H28ClN3O2Si. The van der Waals surface area contributed by atoms with Crippen LogP contribution in [0.2, 0.25) is 30.8 Å². The minimum absolute atomic E-state index is 0.108. The van der Waals surface area contributed by atoms with Crippen molar-refractivity contribution in [3.8, 4) is 17.0 Å². The van der Waals surface area contributed by atoms with Crippen molar-refractivity contribution in [3.05, 3.63) is 41.7 Å². The third-order valence-electron chi connectivity index (χ3n) is 4.29. The Morgan fingerprint density at radius 2 is 1.93 bits per heavy atom. The van der Waals surface area contributed by atoms with Gasteiger partial charge in [-0.2, -0.15) is 5.10 Å². The molecule has 0 aliphatic heterocycles. The summed E-state index contributed by atoms with van der Waals surface area (Å²) in [6, 6.07) is 10.9. The lowest BCUT2D eigenvalue weighted by Crippen LogP contribution is -2.22. The van der Waals surface area contributed by atoms with E-state index in [9.17, 15) is 0 Å². The van der Waals surface area contributed by atoms with Crippen molar-refractivity contribution in [1.29, 1.82) is 0 Å². The van der Waals surface area contributed by atoms with Crippen LogP contribution in [-0.2, 0) is 11.5 Å². The maximum absolute atomic E-state index is 6.15. The van der Waals surface area contributed by atoms with Gasteiger partial charge in [-0.05, 0) is 50.2 Å². The summed E-state index contributed by atoms with van der Waals surface area (Å²) in [6.45, 7) is 12.2. The summed E-state index contributed by atoms with van der Waals surface area (Å²) in [4.78, 5) is 4.10. The highest BCUT2D eigenvalue weighted by atomic mass is 35.5. The number of aromatic nitrogens is 3. The smallest absolute Gasteiger partial charge is 0.140 e. The van der Waals surface area contributed by atoms with Crippen molar-refractivity contribution in [2.24, 2.45) is 0 Å². The van der Waals surface area contributed by atoms with Crippen molar-refractivity contribution in [3.63, 3.8) is 0 Å². The van der Waals surface area contributed by atoms with Crippen LogP contribution in [0.4, 0.5) is 0 Å². The number of nitrogens with zero attached hydrogens (tertiary/aromatic N) is 3. The zero-order valence-corrected chi connectivity index (χ0v) is 19.0. The number of ether oxygens (including phenoxy) is 2. The zero-order chi connectivity index (χ0) is 20.3. The molecule has 0 aliphatic carbocycles. The van der Waals surface area contributed by atoms with E-state index in [-0.39, 0.29) is 6.10 Å². The SMILES string of the molecule is CC(C)Oc1ccc2nn(COCC[Si](C)(C)C)c(-c3ccnc(Cl)c3)c2c1. The number of fused-ring (bicyclic) bond motifs is 1. The molecule has 0 atom stereocenters. The summed E-state index contributed by atoms with van der Waals surface area (Å²) in [6.07, 6.45) is 1.82. The van der Waals surface area contributed by atoms with Crippen LogP contribution >= 0.6 is 11.6 Å². The molecule has 28 heavy (non-hydrogen) atoms. The molecule has 0 fully saturated rings. The molecule has 0 aliphatic rings. The van der Waals surface area contributed by atoms with E-state index < -0.39 is 8.07 Å². The maximum atomic E-state index is 6.15. The van der Waals surface area contributed by atoms with E-state index in [0.29, 0.717) is 11.9 Å². The summed E-state index contributed by atoms with van der Waals surface area (Å²) >= 11 is 6.15. The standard InChI is InChI=1S/C21H28ClN3O2Si/c1-15(2)27-17-6-7-19-18(13-17)21(16-8-9-23-20(22)12-16)25(24-19)14-26-10-11-28(3,4)5/h6-9,12-13,15H,10-11,14H2,1-5H3. The fourth-order valence-electron chi connectivity index (χ4n) is 2.93. The van der Waals surface area contributed by atoms with Crippen molar-refractivity contribution in [2.75, 3.05) is 6.61 Å². The van der Waals surface area contributed by atoms with E-state index in [1.807, 2.05) is 48.9 Å². The van der Waals surface area contributed by atoms with Gasteiger partial charge in [-0.25, -0.2) is 9.67 Å². The molecule has 0 radical (unpaired) electrons. The molecule has 0 N–H and O–H groups in total. The summed E-state index contributed by atoms with van der Waals surface area (Å²) in [7, 11) is -1.13. The van der Waals surface area contributed by atoms with Gasteiger partial charge in [0.1, 0.15) is 17.6 Å². The van der Waals surface area contributed by atoms with Crippen molar-refractivity contribution in [2.45, 2.75) is 52.4 Å². The molecule has 7 heteroatoms. The molecular weight excluding hydrogens is 390 g/mol. The van der Waals surface area contributed by atoms with E-state index in [1.54, 1.807) is 6.20 Å². The van der Waals surface area contributed by atoms with Gasteiger partial charge in [-0.3, -0.25) is 0 Å². The predicted molar refractivity (Wildman–Crippen MR) is 118 cm³/mol. The van der Waals surface area contributed by atoms with E-state index in [2.05, 4.69) is 24.6 Å². The van der Waals surface area contributed by atoms with Crippen LogP contribution in [0.15, 0.2) is 36.5 Å². The van der Waals surface area contributed by atoms with Crippen molar-refractivity contribution in [1.82, 2.24) is 14.8 Å². The molecule has 1 aromatic carbocycles. The average molecular weight is 418 g/mol. The Kier molecular flexibility index (Phi) is 6.42. The fourth-order valence-corrected chi connectivity index (χ4v) is 3.86. The number of hydrogen-bond donors (Lipinski definition) is 0. The maximum Gasteiger partial charge on any atom is 0.140 e. The molecule has 0 saturated heterocycles. The van der Waals surface area contributed by atoms with Crippen LogP contribution in [0.25, 0.3) is 22.2 Å². The molecule has 2 aromatic heterocycles. The molecule has 3 rings (SSSR count). The fraction of sp³-hybridized carbons (Fsp3) is 0.429. The van der Waals surface area contributed by atoms with E-state index in [1.165, 1.54) is 0 Å². The van der Waals surface area contributed by atoms with Crippen LogP contribution in [0.1, 0.15) is 13.8 Å². The number of hydrogen-bond acceptors (Lipinski definition) is 4. The Bertz CT molecular complexity index is 950. The zero-order valence-electron chi connectivity index (χ0n) is 17.2. The molecule has 150 valence electrons. The summed E-state index contributed by atoms with van der Waals surface area (Å²) in [5, 5.41) is 6.22. The molecule has 0 unspecified atom stereocenters. The first-order chi connectivity index (χ1) is 13.2. The Labute approximate surface area is 172 Å². The summed E-state index contributed by atoms with van der Waals surface area (Å²) in [5.41, 5.74) is 2.81. The van der Waals surface area contributed by atoms with Gasteiger partial charge >= 0.3 is 0 Å². The lowest BCUT2D eigenvalue weighted by atomic mass is 10.1. The molecule has 5 nitrogen and oxygen atoms in total. The van der Waals surface area contributed by atoms with Gasteiger partial charge in [0.25, 0.3) is 0 Å². The van der Waals surface area contributed by atoms with Crippen LogP contribution in [0.3, 0.4) is 0 Å². The van der Waals surface area contributed by atoms with Crippen molar-refractivity contribution >= 4 is 30.6 Å². The molecule has 0 spiro atoms. The van der Waals surface area contributed by atoms with Gasteiger partial charge in [-0.1, -0.05) is 31.2 Å². The first-order valence-corrected chi connectivity index (χ1v) is 13.7. The quantitative estimate of drug-likeness (QED) is 0.262. The number of rotatable bonds is 8. The molecule has 3 aromatic rings. The third kappa shape index (κ3) is 5.34. The second-order valence-corrected chi connectivity index (χ2v) is 14.4. The summed E-state index contributed by atoms with van der Waals surface area (Å²) < 4.78 is 13.8. The van der Waals surface area contributed by atoms with Gasteiger partial charge in [0.2, 0.25) is 0 Å². The topological polar surface area (TPSA) is 49.2 Å². The number of pyridine rings is 1. The van der Waals surface area contributed by atoms with Crippen LogP contribution in [-0.4, -0.2) is 35.5 Å². The number of halogens is 1. The average Bonchev–Trinajstić information content (AvgIpc) is 2.95. The predicted octanol–water partition coefficient (Wildman–Crippen LogP) is 5.85. The molecule has 0 saturated carbocycles. The minimum Gasteiger partial charge on any atom is -0.491 e. The molecule has 0 amide bonds. The van der Waals surface area contributed by atoms with Crippen LogP contribution < -0.4 is 4.74 Å².